The van der Waals surface area contributed by atoms with E-state index in [9.17, 15) is 0 Å². The Kier molecular flexibility index (Phi) is 5.75. The van der Waals surface area contributed by atoms with Gasteiger partial charge in [-0.05, 0) is 51.7 Å². The second kappa shape index (κ2) is 7.34. The average Bonchev–Trinajstić information content (AvgIpc) is 2.39. The van der Waals surface area contributed by atoms with Crippen LogP contribution in [0.5, 0.6) is 0 Å². The molecule has 0 aromatic carbocycles. The number of piperidine rings is 1. The van der Waals surface area contributed by atoms with Crippen LogP contribution in [0.25, 0.3) is 0 Å². The van der Waals surface area contributed by atoms with Gasteiger partial charge in [0.15, 0.2) is 0 Å². The van der Waals surface area contributed by atoms with Crippen LogP contribution in [0.2, 0.25) is 0 Å². The molecule has 17 heavy (non-hydrogen) atoms. The minimum absolute atomic E-state index is 0.621. The largest absolute Gasteiger partial charge is 0.380 e. The molecule has 3 heteroatoms. The zero-order valence-electron chi connectivity index (χ0n) is 11.3. The molecule has 0 bridgehead atoms. The molecule has 2 fully saturated rings. The van der Waals surface area contributed by atoms with E-state index in [4.69, 9.17) is 4.74 Å². The van der Waals surface area contributed by atoms with Crippen LogP contribution < -0.4 is 5.32 Å². The standard InChI is InChI=1S/C14H28N2O/c1-2-3-8-16-9-6-13(7-10-16)15-14-5-4-11-17-12-14/h13-15H,2-12H2,1H3. The van der Waals surface area contributed by atoms with Crippen LogP contribution in [-0.2, 0) is 4.74 Å². The third-order valence-corrected chi connectivity index (χ3v) is 4.05. The Morgan fingerprint density at radius 3 is 2.65 bits per heavy atom. The number of hydrogen-bond donors (Lipinski definition) is 1. The summed E-state index contributed by atoms with van der Waals surface area (Å²) in [6, 6.07) is 1.36. The van der Waals surface area contributed by atoms with Crippen molar-refractivity contribution in [2.45, 2.75) is 57.5 Å². The smallest absolute Gasteiger partial charge is 0.0619 e. The Bertz CT molecular complexity index is 196. The Labute approximate surface area is 106 Å². The van der Waals surface area contributed by atoms with E-state index in [0.717, 1.165) is 19.3 Å². The van der Waals surface area contributed by atoms with Crippen molar-refractivity contribution >= 4 is 0 Å². The lowest BCUT2D eigenvalue weighted by molar-refractivity contribution is 0.0613. The quantitative estimate of drug-likeness (QED) is 0.795. The summed E-state index contributed by atoms with van der Waals surface area (Å²) >= 11 is 0. The molecular formula is C14H28N2O. The third-order valence-electron chi connectivity index (χ3n) is 4.05. The van der Waals surface area contributed by atoms with Gasteiger partial charge in [0.05, 0.1) is 6.61 Å². The molecule has 0 spiro atoms. The summed E-state index contributed by atoms with van der Waals surface area (Å²) in [7, 11) is 0. The molecule has 0 aromatic heterocycles. The molecule has 1 N–H and O–H groups in total. The second-order valence-corrected chi connectivity index (χ2v) is 5.55. The zero-order valence-corrected chi connectivity index (χ0v) is 11.3. The molecule has 0 aliphatic carbocycles. The molecule has 0 aromatic rings. The van der Waals surface area contributed by atoms with Gasteiger partial charge in [0.1, 0.15) is 0 Å². The van der Waals surface area contributed by atoms with E-state index >= 15 is 0 Å². The lowest BCUT2D eigenvalue weighted by atomic mass is 10.0. The Morgan fingerprint density at radius 1 is 1.18 bits per heavy atom. The summed E-state index contributed by atoms with van der Waals surface area (Å²) < 4.78 is 5.52. The fourth-order valence-corrected chi connectivity index (χ4v) is 2.91. The fourth-order valence-electron chi connectivity index (χ4n) is 2.91. The molecule has 100 valence electrons. The molecule has 1 atom stereocenters. The zero-order chi connectivity index (χ0) is 11.9. The van der Waals surface area contributed by atoms with Crippen LogP contribution in [0, 0.1) is 0 Å². The molecular weight excluding hydrogens is 212 g/mol. The summed E-state index contributed by atoms with van der Waals surface area (Å²) in [6.07, 6.45) is 7.84. The van der Waals surface area contributed by atoms with Crippen molar-refractivity contribution in [3.63, 3.8) is 0 Å². The number of ether oxygens (including phenoxy) is 1. The van der Waals surface area contributed by atoms with Crippen LogP contribution >= 0.6 is 0 Å². The maximum atomic E-state index is 5.52. The lowest BCUT2D eigenvalue weighted by Crippen LogP contribution is -2.48. The highest BCUT2D eigenvalue weighted by atomic mass is 16.5. The Balaban J connectivity index is 1.61. The molecule has 2 aliphatic heterocycles. The predicted molar refractivity (Wildman–Crippen MR) is 71.3 cm³/mol. The number of nitrogens with one attached hydrogen (secondary N) is 1. The summed E-state index contributed by atoms with van der Waals surface area (Å²) in [5, 5.41) is 3.78. The van der Waals surface area contributed by atoms with E-state index in [1.165, 1.54) is 58.2 Å². The van der Waals surface area contributed by atoms with Gasteiger partial charge < -0.3 is 15.0 Å². The fraction of sp³-hybridized carbons (Fsp3) is 1.00. The lowest BCUT2D eigenvalue weighted by Gasteiger charge is -2.35. The van der Waals surface area contributed by atoms with Gasteiger partial charge in [-0.2, -0.15) is 0 Å². The number of likely N-dealkylation sites (tertiary alicyclic amines) is 1. The summed E-state index contributed by atoms with van der Waals surface area (Å²) in [5.74, 6) is 0. The maximum absolute atomic E-state index is 5.52. The van der Waals surface area contributed by atoms with E-state index < -0.39 is 0 Å². The van der Waals surface area contributed by atoms with Crippen molar-refractivity contribution in [1.82, 2.24) is 10.2 Å². The van der Waals surface area contributed by atoms with Gasteiger partial charge >= 0.3 is 0 Å². The normalized spacial score (nSPS) is 28.4. The molecule has 0 radical (unpaired) electrons. The molecule has 2 saturated heterocycles. The van der Waals surface area contributed by atoms with Gasteiger partial charge in [-0.1, -0.05) is 13.3 Å². The maximum Gasteiger partial charge on any atom is 0.0619 e. The summed E-state index contributed by atoms with van der Waals surface area (Å²) in [6.45, 7) is 8.04. The second-order valence-electron chi connectivity index (χ2n) is 5.55. The van der Waals surface area contributed by atoms with Crippen LogP contribution in [0.4, 0.5) is 0 Å². The third kappa shape index (κ3) is 4.57. The van der Waals surface area contributed by atoms with Crippen molar-refractivity contribution < 1.29 is 4.74 Å². The summed E-state index contributed by atoms with van der Waals surface area (Å²) in [5.41, 5.74) is 0. The molecule has 3 nitrogen and oxygen atoms in total. The number of rotatable bonds is 5. The van der Waals surface area contributed by atoms with E-state index in [1.54, 1.807) is 0 Å². The Hall–Kier alpha value is -0.120. The van der Waals surface area contributed by atoms with E-state index in [1.807, 2.05) is 0 Å². The highest BCUT2D eigenvalue weighted by Gasteiger charge is 2.22. The first-order valence-corrected chi connectivity index (χ1v) is 7.44. The van der Waals surface area contributed by atoms with Crippen LogP contribution in [-0.4, -0.2) is 49.8 Å². The van der Waals surface area contributed by atoms with Gasteiger partial charge in [-0.25, -0.2) is 0 Å². The minimum atomic E-state index is 0.621. The molecule has 2 aliphatic rings. The highest BCUT2D eigenvalue weighted by molar-refractivity contribution is 4.81. The predicted octanol–water partition coefficient (Wildman–Crippen LogP) is 2.02. The highest BCUT2D eigenvalue weighted by Crippen LogP contribution is 2.14. The molecule has 1 unspecified atom stereocenters. The number of unbranched alkanes of at least 4 members (excludes halogenated alkanes) is 1. The summed E-state index contributed by atoms with van der Waals surface area (Å²) in [4.78, 5) is 2.62. The van der Waals surface area contributed by atoms with Crippen molar-refractivity contribution in [3.05, 3.63) is 0 Å². The Morgan fingerprint density at radius 2 is 2.00 bits per heavy atom. The monoisotopic (exact) mass is 240 g/mol. The average molecular weight is 240 g/mol. The first-order valence-electron chi connectivity index (χ1n) is 7.44. The molecule has 0 amide bonds. The SMILES string of the molecule is CCCCN1CCC(NC2CCCOC2)CC1. The number of hydrogen-bond acceptors (Lipinski definition) is 3. The van der Waals surface area contributed by atoms with Gasteiger partial charge in [0.25, 0.3) is 0 Å². The topological polar surface area (TPSA) is 24.5 Å². The number of nitrogens with zero attached hydrogens (tertiary/aromatic N) is 1. The van der Waals surface area contributed by atoms with Crippen molar-refractivity contribution in [3.8, 4) is 0 Å². The molecule has 2 heterocycles. The minimum Gasteiger partial charge on any atom is -0.380 e. The van der Waals surface area contributed by atoms with Crippen molar-refractivity contribution in [2.75, 3.05) is 32.8 Å². The van der Waals surface area contributed by atoms with Gasteiger partial charge in [-0.3, -0.25) is 0 Å². The van der Waals surface area contributed by atoms with Gasteiger partial charge in [0.2, 0.25) is 0 Å². The van der Waals surface area contributed by atoms with E-state index in [2.05, 4.69) is 17.1 Å². The van der Waals surface area contributed by atoms with Crippen LogP contribution in [0.3, 0.4) is 0 Å². The van der Waals surface area contributed by atoms with Crippen LogP contribution in [0.1, 0.15) is 45.4 Å². The molecule has 0 saturated carbocycles. The van der Waals surface area contributed by atoms with Crippen LogP contribution in [0.15, 0.2) is 0 Å². The van der Waals surface area contributed by atoms with Gasteiger partial charge in [0, 0.05) is 18.7 Å². The van der Waals surface area contributed by atoms with Gasteiger partial charge in [-0.15, -0.1) is 0 Å². The van der Waals surface area contributed by atoms with Crippen molar-refractivity contribution in [2.24, 2.45) is 0 Å². The first kappa shape index (κ1) is 13.3. The molecule has 2 rings (SSSR count). The van der Waals surface area contributed by atoms with E-state index in [0.29, 0.717) is 6.04 Å². The van der Waals surface area contributed by atoms with E-state index in [-0.39, 0.29) is 0 Å². The van der Waals surface area contributed by atoms with Crippen molar-refractivity contribution in [1.29, 1.82) is 0 Å². The first-order chi connectivity index (χ1) is 8.38.